The number of carbonyl (C=O) groups is 1. The maximum absolute atomic E-state index is 12.4. The Kier molecular flexibility index (Phi) is 3.93. The van der Waals surface area contributed by atoms with Crippen molar-refractivity contribution in [2.45, 2.75) is 44.6 Å². The van der Waals surface area contributed by atoms with Crippen LogP contribution in [0.2, 0.25) is 0 Å². The fourth-order valence-electron chi connectivity index (χ4n) is 3.72. The van der Waals surface area contributed by atoms with Crippen LogP contribution in [0, 0.1) is 5.92 Å². The van der Waals surface area contributed by atoms with Gasteiger partial charge in [0.1, 0.15) is 5.52 Å². The third kappa shape index (κ3) is 3.05. The summed E-state index contributed by atoms with van der Waals surface area (Å²) in [6.45, 7) is 1.66. The lowest BCUT2D eigenvalue weighted by atomic mass is 9.95. The van der Waals surface area contributed by atoms with Gasteiger partial charge in [-0.15, -0.1) is 0 Å². The van der Waals surface area contributed by atoms with Crippen molar-refractivity contribution in [1.82, 2.24) is 10.3 Å². The first-order valence-electron chi connectivity index (χ1n) is 8.70. The largest absolute Gasteiger partial charge is 0.423 e. The molecule has 2 aliphatic rings. The summed E-state index contributed by atoms with van der Waals surface area (Å²) in [4.78, 5) is 19.1. The zero-order chi connectivity index (χ0) is 15.6. The minimum Gasteiger partial charge on any atom is -0.423 e. The standard InChI is InChI=1S/C18H23N3O2/c22-17(19-14-5-1-2-6-14)13-9-11-21(12-10-13)18-20-15-7-3-4-8-16(15)23-18/h3-4,7-8,13-14H,1-2,5-6,9-12H2,(H,19,22). The van der Waals surface area contributed by atoms with Crippen LogP contribution in [0.3, 0.4) is 0 Å². The molecule has 0 unspecified atom stereocenters. The van der Waals surface area contributed by atoms with Crippen LogP contribution in [0.1, 0.15) is 38.5 Å². The summed E-state index contributed by atoms with van der Waals surface area (Å²) in [7, 11) is 0. The molecule has 4 rings (SSSR count). The molecule has 122 valence electrons. The van der Waals surface area contributed by atoms with Crippen LogP contribution >= 0.6 is 0 Å². The molecule has 0 atom stereocenters. The molecule has 1 aliphatic carbocycles. The zero-order valence-corrected chi connectivity index (χ0v) is 13.3. The number of rotatable bonds is 3. The maximum Gasteiger partial charge on any atom is 0.298 e. The van der Waals surface area contributed by atoms with Crippen molar-refractivity contribution in [2.24, 2.45) is 5.92 Å². The monoisotopic (exact) mass is 313 g/mol. The molecule has 1 aromatic heterocycles. The second-order valence-electron chi connectivity index (χ2n) is 6.72. The molecular formula is C18H23N3O2. The van der Waals surface area contributed by atoms with Gasteiger partial charge in [-0.1, -0.05) is 25.0 Å². The van der Waals surface area contributed by atoms with Crippen LogP contribution in [0.4, 0.5) is 6.01 Å². The van der Waals surface area contributed by atoms with Crippen LogP contribution in [0.15, 0.2) is 28.7 Å². The highest BCUT2D eigenvalue weighted by Crippen LogP contribution is 2.27. The Labute approximate surface area is 136 Å². The first kappa shape index (κ1) is 14.5. The molecule has 5 nitrogen and oxygen atoms in total. The normalized spacial score (nSPS) is 20.3. The first-order chi connectivity index (χ1) is 11.3. The molecule has 1 saturated carbocycles. The van der Waals surface area contributed by atoms with Crippen molar-refractivity contribution in [1.29, 1.82) is 0 Å². The van der Waals surface area contributed by atoms with E-state index in [2.05, 4.69) is 15.2 Å². The molecule has 1 N–H and O–H groups in total. The van der Waals surface area contributed by atoms with Gasteiger partial charge >= 0.3 is 0 Å². The fraction of sp³-hybridized carbons (Fsp3) is 0.556. The van der Waals surface area contributed by atoms with E-state index in [1.165, 1.54) is 12.8 Å². The SMILES string of the molecule is O=C(NC1CCCC1)C1CCN(c2nc3ccccc3o2)CC1. The Morgan fingerprint density at radius 1 is 1.13 bits per heavy atom. The quantitative estimate of drug-likeness (QED) is 0.946. The van der Waals surface area contributed by atoms with E-state index in [9.17, 15) is 4.79 Å². The lowest BCUT2D eigenvalue weighted by Gasteiger charge is -2.30. The summed E-state index contributed by atoms with van der Waals surface area (Å²) < 4.78 is 5.83. The summed E-state index contributed by atoms with van der Waals surface area (Å²) in [5, 5.41) is 3.23. The number of aromatic nitrogens is 1. The third-order valence-electron chi connectivity index (χ3n) is 5.12. The van der Waals surface area contributed by atoms with Gasteiger partial charge in [0.05, 0.1) is 0 Å². The summed E-state index contributed by atoms with van der Waals surface area (Å²) in [6, 6.07) is 8.92. The zero-order valence-electron chi connectivity index (χ0n) is 13.3. The summed E-state index contributed by atoms with van der Waals surface area (Å²) in [5.41, 5.74) is 1.71. The number of hydrogen-bond donors (Lipinski definition) is 1. The first-order valence-corrected chi connectivity index (χ1v) is 8.70. The molecular weight excluding hydrogens is 290 g/mol. The van der Waals surface area contributed by atoms with Crippen LogP contribution in [-0.4, -0.2) is 30.0 Å². The van der Waals surface area contributed by atoms with Crippen molar-refractivity contribution < 1.29 is 9.21 Å². The maximum atomic E-state index is 12.4. The smallest absolute Gasteiger partial charge is 0.298 e. The number of nitrogens with one attached hydrogen (secondary N) is 1. The molecule has 1 saturated heterocycles. The molecule has 2 aromatic rings. The molecule has 1 amide bonds. The van der Waals surface area contributed by atoms with E-state index in [1.807, 2.05) is 24.3 Å². The second kappa shape index (κ2) is 6.22. The van der Waals surface area contributed by atoms with Crippen molar-refractivity contribution in [2.75, 3.05) is 18.0 Å². The Hall–Kier alpha value is -2.04. The third-order valence-corrected chi connectivity index (χ3v) is 5.12. The van der Waals surface area contributed by atoms with Gasteiger partial charge in [-0.05, 0) is 37.8 Å². The Morgan fingerprint density at radius 2 is 1.87 bits per heavy atom. The summed E-state index contributed by atoms with van der Waals surface area (Å²) >= 11 is 0. The van der Waals surface area contributed by atoms with E-state index >= 15 is 0 Å². The van der Waals surface area contributed by atoms with Gasteiger partial charge in [-0.2, -0.15) is 4.98 Å². The van der Waals surface area contributed by atoms with Gasteiger partial charge in [0.15, 0.2) is 5.58 Å². The summed E-state index contributed by atoms with van der Waals surface area (Å²) in [6.07, 6.45) is 6.54. The highest BCUT2D eigenvalue weighted by molar-refractivity contribution is 5.79. The van der Waals surface area contributed by atoms with E-state index in [-0.39, 0.29) is 11.8 Å². The van der Waals surface area contributed by atoms with Crippen molar-refractivity contribution >= 4 is 23.0 Å². The van der Waals surface area contributed by atoms with Crippen LogP contribution in [-0.2, 0) is 4.79 Å². The van der Waals surface area contributed by atoms with Gasteiger partial charge in [0.2, 0.25) is 5.91 Å². The number of oxazole rings is 1. The van der Waals surface area contributed by atoms with Gasteiger partial charge in [0.25, 0.3) is 6.01 Å². The predicted octanol–water partition coefficient (Wildman–Crippen LogP) is 3.10. The topological polar surface area (TPSA) is 58.4 Å². The molecule has 5 heteroatoms. The number of para-hydroxylation sites is 2. The lowest BCUT2D eigenvalue weighted by molar-refractivity contribution is -0.126. The molecule has 0 bridgehead atoms. The highest BCUT2D eigenvalue weighted by atomic mass is 16.4. The number of anilines is 1. The Bertz CT molecular complexity index is 649. The van der Waals surface area contributed by atoms with E-state index in [0.717, 1.165) is 49.9 Å². The fourth-order valence-corrected chi connectivity index (χ4v) is 3.72. The van der Waals surface area contributed by atoms with Gasteiger partial charge in [-0.3, -0.25) is 4.79 Å². The Balaban J connectivity index is 1.35. The Morgan fingerprint density at radius 3 is 2.61 bits per heavy atom. The van der Waals surface area contributed by atoms with Crippen molar-refractivity contribution in [3.8, 4) is 0 Å². The average molecular weight is 313 g/mol. The predicted molar refractivity (Wildman–Crippen MR) is 89.3 cm³/mol. The molecule has 0 spiro atoms. The molecule has 23 heavy (non-hydrogen) atoms. The van der Waals surface area contributed by atoms with E-state index in [4.69, 9.17) is 4.42 Å². The van der Waals surface area contributed by atoms with Crippen LogP contribution < -0.4 is 10.2 Å². The number of carbonyl (C=O) groups excluding carboxylic acids is 1. The van der Waals surface area contributed by atoms with E-state index in [0.29, 0.717) is 12.1 Å². The lowest BCUT2D eigenvalue weighted by Crippen LogP contribution is -2.43. The average Bonchev–Trinajstić information content (AvgIpc) is 3.24. The number of nitrogens with zero attached hydrogens (tertiary/aromatic N) is 2. The minimum atomic E-state index is 0.135. The number of amides is 1. The number of benzene rings is 1. The minimum absolute atomic E-state index is 0.135. The molecule has 2 fully saturated rings. The van der Waals surface area contributed by atoms with E-state index in [1.54, 1.807) is 0 Å². The van der Waals surface area contributed by atoms with Gasteiger partial charge in [-0.25, -0.2) is 0 Å². The number of piperidine rings is 1. The van der Waals surface area contributed by atoms with Crippen LogP contribution in [0.5, 0.6) is 0 Å². The number of fused-ring (bicyclic) bond motifs is 1. The van der Waals surface area contributed by atoms with Gasteiger partial charge < -0.3 is 14.6 Å². The van der Waals surface area contributed by atoms with Crippen LogP contribution in [0.25, 0.3) is 11.1 Å². The highest BCUT2D eigenvalue weighted by Gasteiger charge is 2.28. The second-order valence-corrected chi connectivity index (χ2v) is 6.72. The van der Waals surface area contributed by atoms with E-state index < -0.39 is 0 Å². The number of hydrogen-bond acceptors (Lipinski definition) is 4. The van der Waals surface area contributed by atoms with Crippen molar-refractivity contribution in [3.05, 3.63) is 24.3 Å². The molecule has 2 heterocycles. The molecule has 1 aromatic carbocycles. The van der Waals surface area contributed by atoms with Crippen molar-refractivity contribution in [3.63, 3.8) is 0 Å². The van der Waals surface area contributed by atoms with Gasteiger partial charge in [0, 0.05) is 25.0 Å². The molecule has 0 radical (unpaired) electrons. The molecule has 1 aliphatic heterocycles. The summed E-state index contributed by atoms with van der Waals surface area (Å²) in [5.74, 6) is 0.380.